The summed E-state index contributed by atoms with van der Waals surface area (Å²) in [6.07, 6.45) is 8.51. The maximum atomic E-state index is 3.83. The standard InChI is InChI=1S/C11H21Br/c1-3-6-9(2)10-7-4-5-8-11(10)12/h9-11H,3-8H2,1-2H3. The van der Waals surface area contributed by atoms with Gasteiger partial charge >= 0.3 is 0 Å². The first-order valence-electron chi connectivity index (χ1n) is 5.39. The molecule has 1 rings (SSSR count). The van der Waals surface area contributed by atoms with Crippen molar-refractivity contribution < 1.29 is 0 Å². The Bertz CT molecular complexity index is 122. The fourth-order valence-electron chi connectivity index (χ4n) is 2.42. The van der Waals surface area contributed by atoms with Gasteiger partial charge in [0.05, 0.1) is 0 Å². The third-order valence-corrected chi connectivity index (χ3v) is 4.34. The summed E-state index contributed by atoms with van der Waals surface area (Å²) in [6, 6.07) is 0. The molecule has 0 aliphatic heterocycles. The third-order valence-electron chi connectivity index (χ3n) is 3.21. The number of hydrogen-bond acceptors (Lipinski definition) is 0. The molecule has 1 saturated carbocycles. The second kappa shape index (κ2) is 5.26. The van der Waals surface area contributed by atoms with Crippen molar-refractivity contribution in [3.05, 3.63) is 0 Å². The molecule has 0 aromatic heterocycles. The van der Waals surface area contributed by atoms with Crippen LogP contribution in [0.5, 0.6) is 0 Å². The largest absolute Gasteiger partial charge is 0.0888 e. The van der Waals surface area contributed by atoms with E-state index < -0.39 is 0 Å². The molecule has 1 aliphatic carbocycles. The first-order valence-corrected chi connectivity index (χ1v) is 6.31. The number of hydrogen-bond donors (Lipinski definition) is 0. The van der Waals surface area contributed by atoms with Crippen LogP contribution in [0.1, 0.15) is 52.4 Å². The molecule has 3 atom stereocenters. The molecule has 1 heteroatoms. The molecule has 0 nitrogen and oxygen atoms in total. The molecule has 0 spiro atoms. The Hall–Kier alpha value is 0.480. The Kier molecular flexibility index (Phi) is 4.63. The average molecular weight is 233 g/mol. The summed E-state index contributed by atoms with van der Waals surface area (Å²) < 4.78 is 0. The minimum absolute atomic E-state index is 0.813. The van der Waals surface area contributed by atoms with Crippen LogP contribution >= 0.6 is 15.9 Å². The average Bonchev–Trinajstić information content (AvgIpc) is 2.05. The van der Waals surface area contributed by atoms with Gasteiger partial charge in [-0.05, 0) is 24.7 Å². The molecule has 1 fully saturated rings. The molecule has 3 unspecified atom stereocenters. The van der Waals surface area contributed by atoms with Crippen LogP contribution < -0.4 is 0 Å². The Morgan fingerprint density at radius 2 is 2.00 bits per heavy atom. The summed E-state index contributed by atoms with van der Waals surface area (Å²) in [5, 5.41) is 0. The van der Waals surface area contributed by atoms with Crippen molar-refractivity contribution in [2.24, 2.45) is 11.8 Å². The maximum absolute atomic E-state index is 3.83. The van der Waals surface area contributed by atoms with Crippen molar-refractivity contribution in [1.29, 1.82) is 0 Å². The van der Waals surface area contributed by atoms with Gasteiger partial charge in [0, 0.05) is 4.83 Å². The lowest BCUT2D eigenvalue weighted by Crippen LogP contribution is -2.25. The van der Waals surface area contributed by atoms with Gasteiger partial charge in [-0.3, -0.25) is 0 Å². The predicted octanol–water partition coefficient (Wildman–Crippen LogP) is 4.38. The second-order valence-corrected chi connectivity index (χ2v) is 5.41. The quantitative estimate of drug-likeness (QED) is 0.634. The van der Waals surface area contributed by atoms with Crippen molar-refractivity contribution in [1.82, 2.24) is 0 Å². The Morgan fingerprint density at radius 1 is 1.33 bits per heavy atom. The van der Waals surface area contributed by atoms with E-state index in [1.165, 1.54) is 38.5 Å². The zero-order chi connectivity index (χ0) is 8.97. The van der Waals surface area contributed by atoms with E-state index in [0.717, 1.165) is 16.7 Å². The van der Waals surface area contributed by atoms with Crippen molar-refractivity contribution in [2.75, 3.05) is 0 Å². The maximum Gasteiger partial charge on any atom is 0.0176 e. The van der Waals surface area contributed by atoms with Crippen LogP contribution in [-0.4, -0.2) is 4.83 Å². The Labute approximate surface area is 85.3 Å². The first-order chi connectivity index (χ1) is 5.75. The molecule has 1 aliphatic rings. The van der Waals surface area contributed by atoms with Gasteiger partial charge in [0.25, 0.3) is 0 Å². The van der Waals surface area contributed by atoms with Crippen LogP contribution in [0.2, 0.25) is 0 Å². The van der Waals surface area contributed by atoms with Crippen molar-refractivity contribution in [2.45, 2.75) is 57.2 Å². The molecule has 0 saturated heterocycles. The smallest absolute Gasteiger partial charge is 0.0176 e. The molecular formula is C11H21Br. The van der Waals surface area contributed by atoms with Gasteiger partial charge in [-0.25, -0.2) is 0 Å². The van der Waals surface area contributed by atoms with E-state index in [-0.39, 0.29) is 0 Å². The Morgan fingerprint density at radius 3 is 2.58 bits per heavy atom. The van der Waals surface area contributed by atoms with Crippen molar-refractivity contribution >= 4 is 15.9 Å². The highest BCUT2D eigenvalue weighted by Gasteiger charge is 2.26. The summed E-state index contributed by atoms with van der Waals surface area (Å²) >= 11 is 3.83. The number of halogens is 1. The fourth-order valence-corrected chi connectivity index (χ4v) is 3.53. The number of rotatable bonds is 3. The first kappa shape index (κ1) is 10.6. The molecule has 0 radical (unpaired) electrons. The molecule has 0 N–H and O–H groups in total. The van der Waals surface area contributed by atoms with Gasteiger partial charge in [-0.2, -0.15) is 0 Å². The lowest BCUT2D eigenvalue weighted by molar-refractivity contribution is 0.263. The molecule has 0 amide bonds. The monoisotopic (exact) mass is 232 g/mol. The minimum Gasteiger partial charge on any atom is -0.0888 e. The third kappa shape index (κ3) is 2.76. The molecular weight excluding hydrogens is 212 g/mol. The van der Waals surface area contributed by atoms with Crippen LogP contribution in [0.3, 0.4) is 0 Å². The zero-order valence-electron chi connectivity index (χ0n) is 8.35. The van der Waals surface area contributed by atoms with Gasteiger partial charge in [0.2, 0.25) is 0 Å². The van der Waals surface area contributed by atoms with Crippen LogP contribution in [0.4, 0.5) is 0 Å². The summed E-state index contributed by atoms with van der Waals surface area (Å²) in [5.41, 5.74) is 0. The molecule has 0 aromatic carbocycles. The predicted molar refractivity (Wildman–Crippen MR) is 58.7 cm³/mol. The van der Waals surface area contributed by atoms with E-state index in [0.29, 0.717) is 0 Å². The zero-order valence-corrected chi connectivity index (χ0v) is 9.94. The molecule has 72 valence electrons. The van der Waals surface area contributed by atoms with E-state index >= 15 is 0 Å². The van der Waals surface area contributed by atoms with E-state index in [1.807, 2.05) is 0 Å². The summed E-state index contributed by atoms with van der Waals surface area (Å²) in [7, 11) is 0. The van der Waals surface area contributed by atoms with E-state index in [4.69, 9.17) is 0 Å². The van der Waals surface area contributed by atoms with Crippen molar-refractivity contribution in [3.8, 4) is 0 Å². The van der Waals surface area contributed by atoms with Crippen LogP contribution in [0.25, 0.3) is 0 Å². The van der Waals surface area contributed by atoms with Crippen LogP contribution in [0.15, 0.2) is 0 Å². The van der Waals surface area contributed by atoms with Gasteiger partial charge in [-0.1, -0.05) is 55.5 Å². The Balaban J connectivity index is 2.36. The van der Waals surface area contributed by atoms with Crippen LogP contribution in [0, 0.1) is 11.8 Å². The van der Waals surface area contributed by atoms with Gasteiger partial charge in [-0.15, -0.1) is 0 Å². The minimum atomic E-state index is 0.813. The van der Waals surface area contributed by atoms with Crippen molar-refractivity contribution in [3.63, 3.8) is 0 Å². The van der Waals surface area contributed by atoms with E-state index in [1.54, 1.807) is 0 Å². The van der Waals surface area contributed by atoms with Gasteiger partial charge < -0.3 is 0 Å². The van der Waals surface area contributed by atoms with Gasteiger partial charge in [0.15, 0.2) is 0 Å². The second-order valence-electron chi connectivity index (χ2n) is 4.23. The van der Waals surface area contributed by atoms with E-state index in [2.05, 4.69) is 29.8 Å². The summed E-state index contributed by atoms with van der Waals surface area (Å²) in [6.45, 7) is 4.72. The molecule has 0 aromatic rings. The highest BCUT2D eigenvalue weighted by molar-refractivity contribution is 9.09. The normalized spacial score (nSPS) is 33.2. The lowest BCUT2D eigenvalue weighted by atomic mass is 9.79. The fraction of sp³-hybridized carbons (Fsp3) is 1.00. The summed E-state index contributed by atoms with van der Waals surface area (Å²) in [5.74, 6) is 1.89. The van der Waals surface area contributed by atoms with Gasteiger partial charge in [0.1, 0.15) is 0 Å². The molecule has 12 heavy (non-hydrogen) atoms. The van der Waals surface area contributed by atoms with Crippen LogP contribution in [-0.2, 0) is 0 Å². The topological polar surface area (TPSA) is 0 Å². The lowest BCUT2D eigenvalue weighted by Gasteiger charge is -2.32. The molecule has 0 heterocycles. The SMILES string of the molecule is CCCC(C)C1CCCCC1Br. The summed E-state index contributed by atoms with van der Waals surface area (Å²) in [4.78, 5) is 0.813. The number of alkyl halides is 1. The molecule has 0 bridgehead atoms. The highest BCUT2D eigenvalue weighted by Crippen LogP contribution is 2.36. The highest BCUT2D eigenvalue weighted by atomic mass is 79.9. The van der Waals surface area contributed by atoms with E-state index in [9.17, 15) is 0 Å².